The summed E-state index contributed by atoms with van der Waals surface area (Å²) in [4.78, 5) is 28.4. The van der Waals surface area contributed by atoms with E-state index in [1.165, 1.54) is 25.3 Å². The number of ether oxygens (including phenoxy) is 4. The van der Waals surface area contributed by atoms with E-state index in [4.69, 9.17) is 18.7 Å². The molecule has 0 unspecified atom stereocenters. The van der Waals surface area contributed by atoms with Crippen molar-refractivity contribution in [3.05, 3.63) is 53.9 Å². The van der Waals surface area contributed by atoms with Gasteiger partial charge in [-0.1, -0.05) is 12.1 Å². The molecular weight excluding hydrogens is 466 g/mol. The van der Waals surface area contributed by atoms with Crippen molar-refractivity contribution in [3.8, 4) is 28.6 Å². The molecule has 0 spiro atoms. The van der Waals surface area contributed by atoms with Crippen molar-refractivity contribution >= 4 is 11.8 Å². The van der Waals surface area contributed by atoms with Crippen LogP contribution >= 0.6 is 0 Å². The van der Waals surface area contributed by atoms with Gasteiger partial charge in [0.2, 0.25) is 5.82 Å². The lowest BCUT2D eigenvalue weighted by molar-refractivity contribution is -0.145. The number of hydrogen-bond acceptors (Lipinski definition) is 9. The van der Waals surface area contributed by atoms with Gasteiger partial charge in [-0.05, 0) is 48.9 Å². The van der Waals surface area contributed by atoms with Gasteiger partial charge in [-0.25, -0.2) is 0 Å². The molecule has 35 heavy (non-hydrogen) atoms. The predicted octanol–water partition coefficient (Wildman–Crippen LogP) is 4.84. The van der Waals surface area contributed by atoms with Gasteiger partial charge in [0, 0.05) is 17.5 Å². The van der Waals surface area contributed by atoms with E-state index in [0.717, 1.165) is 6.42 Å². The fourth-order valence-electron chi connectivity index (χ4n) is 2.96. The molecule has 0 fully saturated rings. The van der Waals surface area contributed by atoms with Gasteiger partial charge >= 0.3 is 12.6 Å². The molecule has 0 saturated carbocycles. The Labute approximate surface area is 199 Å². The average molecular weight is 490 g/mol. The summed E-state index contributed by atoms with van der Waals surface area (Å²) in [6, 6.07) is 10.9. The number of benzene rings is 2. The van der Waals surface area contributed by atoms with Gasteiger partial charge in [0.25, 0.3) is 5.89 Å². The Hall–Kier alpha value is -4.02. The van der Waals surface area contributed by atoms with E-state index >= 15 is 0 Å². The average Bonchev–Trinajstić information content (AvgIpc) is 3.34. The van der Waals surface area contributed by atoms with Crippen molar-refractivity contribution < 1.29 is 41.8 Å². The minimum atomic E-state index is -3.00. The molecule has 1 aromatic heterocycles. The van der Waals surface area contributed by atoms with Gasteiger partial charge in [0.05, 0.1) is 20.1 Å². The number of nitrogens with zero attached hydrogens (tertiary/aromatic N) is 2. The molecule has 0 aliphatic carbocycles. The Balaban J connectivity index is 1.49. The number of aromatic nitrogens is 2. The van der Waals surface area contributed by atoms with Crippen LogP contribution in [0.5, 0.6) is 17.2 Å². The second-order valence-electron chi connectivity index (χ2n) is 7.21. The maximum atomic E-state index is 12.5. The molecule has 11 heteroatoms. The van der Waals surface area contributed by atoms with Gasteiger partial charge in [-0.15, -0.1) is 0 Å². The Morgan fingerprint density at radius 2 is 1.83 bits per heavy atom. The second-order valence-corrected chi connectivity index (χ2v) is 7.21. The lowest BCUT2D eigenvalue weighted by Gasteiger charge is -2.10. The van der Waals surface area contributed by atoms with Crippen molar-refractivity contribution in [1.82, 2.24) is 10.1 Å². The fourth-order valence-corrected chi connectivity index (χ4v) is 2.96. The highest BCUT2D eigenvalue weighted by Crippen LogP contribution is 2.32. The summed E-state index contributed by atoms with van der Waals surface area (Å²) in [5.41, 5.74) is 0.894. The third-order valence-electron chi connectivity index (χ3n) is 4.67. The Bertz CT molecular complexity index is 1130. The highest BCUT2D eigenvalue weighted by molar-refractivity contribution is 5.97. The number of methoxy groups -OCH3 is 1. The lowest BCUT2D eigenvalue weighted by atomic mass is 10.1. The Kier molecular flexibility index (Phi) is 9.10. The molecule has 0 amide bonds. The molecule has 0 saturated heterocycles. The van der Waals surface area contributed by atoms with Crippen LogP contribution in [0, 0.1) is 0 Å². The highest BCUT2D eigenvalue weighted by atomic mass is 19.3. The molecule has 0 N–H and O–H groups in total. The van der Waals surface area contributed by atoms with Crippen molar-refractivity contribution in [1.29, 1.82) is 0 Å². The van der Waals surface area contributed by atoms with Crippen LogP contribution in [-0.2, 0) is 16.1 Å². The first kappa shape index (κ1) is 25.6. The normalized spacial score (nSPS) is 10.8. The van der Waals surface area contributed by atoms with E-state index in [0.29, 0.717) is 23.5 Å². The molecule has 0 aliphatic heterocycles. The minimum absolute atomic E-state index is 0.0179. The van der Waals surface area contributed by atoms with Crippen LogP contribution < -0.4 is 14.2 Å². The molecule has 9 nitrogen and oxygen atoms in total. The summed E-state index contributed by atoms with van der Waals surface area (Å²) in [7, 11) is 1.31. The van der Waals surface area contributed by atoms with Crippen LogP contribution in [0.4, 0.5) is 8.78 Å². The summed E-state index contributed by atoms with van der Waals surface area (Å²) >= 11 is 0. The number of rotatable bonds is 13. The molecule has 0 aliphatic rings. The molecule has 3 rings (SSSR count). The van der Waals surface area contributed by atoms with Gasteiger partial charge in [0.1, 0.15) is 5.75 Å². The van der Waals surface area contributed by atoms with Crippen molar-refractivity contribution in [3.63, 3.8) is 0 Å². The molecule has 0 bridgehead atoms. The van der Waals surface area contributed by atoms with Crippen molar-refractivity contribution in [2.45, 2.75) is 39.4 Å². The van der Waals surface area contributed by atoms with Crippen LogP contribution in [0.3, 0.4) is 0 Å². The molecular formula is C24H24F2N2O7. The molecule has 0 radical (unpaired) electrons. The number of alkyl halides is 2. The number of carbonyl (C=O) groups is 2. The van der Waals surface area contributed by atoms with Crippen LogP contribution in [-0.4, -0.2) is 42.2 Å². The third kappa shape index (κ3) is 7.49. The van der Waals surface area contributed by atoms with Gasteiger partial charge in [-0.2, -0.15) is 13.8 Å². The quantitative estimate of drug-likeness (QED) is 0.245. The van der Waals surface area contributed by atoms with Crippen LogP contribution in [0.2, 0.25) is 0 Å². The number of Topliss-reactive ketones (excluding diaryl/α,β-unsaturated/α-hetero) is 1. The van der Waals surface area contributed by atoms with Crippen LogP contribution in [0.1, 0.15) is 42.4 Å². The van der Waals surface area contributed by atoms with Gasteiger partial charge < -0.3 is 23.5 Å². The molecule has 3 aromatic rings. The monoisotopic (exact) mass is 490 g/mol. The summed E-state index contributed by atoms with van der Waals surface area (Å²) in [5, 5.41) is 3.78. The molecule has 1 heterocycles. The van der Waals surface area contributed by atoms with Crippen LogP contribution in [0.15, 0.2) is 47.0 Å². The summed E-state index contributed by atoms with van der Waals surface area (Å²) in [6.45, 7) is -0.687. The number of hydrogen-bond donors (Lipinski definition) is 0. The summed E-state index contributed by atoms with van der Waals surface area (Å²) < 4.78 is 50.0. The molecule has 186 valence electrons. The van der Waals surface area contributed by atoms with E-state index in [1.807, 2.05) is 6.92 Å². The van der Waals surface area contributed by atoms with Gasteiger partial charge in [-0.3, -0.25) is 9.59 Å². The number of carbonyl (C=O) groups excluding carboxylic acids is 2. The maximum Gasteiger partial charge on any atom is 0.387 e. The zero-order chi connectivity index (χ0) is 25.2. The zero-order valence-corrected chi connectivity index (χ0v) is 19.2. The SMILES string of the molecule is CCCOc1ccc(C(=O)CCC(=O)OCc2nc(-c3ccc(OC(F)F)c(OC)c3)no2)cc1. The number of esters is 1. The number of ketones is 1. The predicted molar refractivity (Wildman–Crippen MR) is 119 cm³/mol. The fraction of sp³-hybridized carbons (Fsp3) is 0.333. The second kappa shape index (κ2) is 12.4. The smallest absolute Gasteiger partial charge is 0.387 e. The van der Waals surface area contributed by atoms with E-state index in [2.05, 4.69) is 14.9 Å². The van der Waals surface area contributed by atoms with Gasteiger partial charge in [0.15, 0.2) is 23.9 Å². The third-order valence-corrected chi connectivity index (χ3v) is 4.67. The van der Waals surface area contributed by atoms with Crippen LogP contribution in [0.25, 0.3) is 11.4 Å². The topological polar surface area (TPSA) is 110 Å². The van der Waals surface area contributed by atoms with Crippen molar-refractivity contribution in [2.24, 2.45) is 0 Å². The Morgan fingerprint density at radius 3 is 2.51 bits per heavy atom. The number of halogens is 2. The largest absolute Gasteiger partial charge is 0.494 e. The zero-order valence-electron chi connectivity index (χ0n) is 19.2. The van der Waals surface area contributed by atoms with E-state index in [-0.39, 0.29) is 48.4 Å². The Morgan fingerprint density at radius 1 is 1.06 bits per heavy atom. The van der Waals surface area contributed by atoms with E-state index in [9.17, 15) is 18.4 Å². The standard InChI is InChI=1S/C24H24F2N2O7/c1-3-12-32-17-7-4-15(5-8-17)18(29)9-11-22(30)33-14-21-27-23(28-35-21)16-6-10-19(34-24(25)26)20(13-16)31-2/h4-8,10,13,24H,3,9,11-12,14H2,1-2H3. The first-order valence-corrected chi connectivity index (χ1v) is 10.8. The molecule has 2 aromatic carbocycles. The minimum Gasteiger partial charge on any atom is -0.494 e. The summed E-state index contributed by atoms with van der Waals surface area (Å²) in [5.74, 6) is -0.0349. The summed E-state index contributed by atoms with van der Waals surface area (Å²) in [6.07, 6.45) is 0.751. The highest BCUT2D eigenvalue weighted by Gasteiger charge is 2.16. The first-order chi connectivity index (χ1) is 16.9. The first-order valence-electron chi connectivity index (χ1n) is 10.8. The molecule has 0 atom stereocenters. The van der Waals surface area contributed by atoms with E-state index < -0.39 is 12.6 Å². The lowest BCUT2D eigenvalue weighted by Crippen LogP contribution is -2.08. The maximum absolute atomic E-state index is 12.5. The van der Waals surface area contributed by atoms with Crippen molar-refractivity contribution in [2.75, 3.05) is 13.7 Å². The van der Waals surface area contributed by atoms with E-state index in [1.54, 1.807) is 24.3 Å².